The molecule has 0 unspecified atom stereocenters. The molecule has 2 aromatic rings. The van der Waals surface area contributed by atoms with Gasteiger partial charge in [0.25, 0.3) is 0 Å². The molecule has 158 valence electrons. The molecule has 7 heteroatoms. The van der Waals surface area contributed by atoms with E-state index in [4.69, 9.17) is 14.5 Å². The Morgan fingerprint density at radius 2 is 2.10 bits per heavy atom. The molecule has 1 aliphatic carbocycles. The van der Waals surface area contributed by atoms with Gasteiger partial charge in [-0.2, -0.15) is 5.10 Å². The number of nitrogens with one attached hydrogen (secondary N) is 2. The Labute approximate surface area is 173 Å². The summed E-state index contributed by atoms with van der Waals surface area (Å²) >= 11 is 0. The van der Waals surface area contributed by atoms with Gasteiger partial charge in [0, 0.05) is 32.0 Å². The molecule has 2 N–H and O–H groups in total. The smallest absolute Gasteiger partial charge is 0.191 e. The van der Waals surface area contributed by atoms with Gasteiger partial charge in [0.2, 0.25) is 0 Å². The van der Waals surface area contributed by atoms with Crippen LogP contribution in [-0.2, 0) is 13.1 Å². The zero-order valence-electron chi connectivity index (χ0n) is 17.6. The van der Waals surface area contributed by atoms with E-state index >= 15 is 0 Å². The second kappa shape index (κ2) is 11.3. The minimum atomic E-state index is 0.319. The predicted octanol–water partition coefficient (Wildman–Crippen LogP) is 3.36. The Morgan fingerprint density at radius 1 is 1.24 bits per heavy atom. The van der Waals surface area contributed by atoms with E-state index in [-0.39, 0.29) is 0 Å². The van der Waals surface area contributed by atoms with Crippen LogP contribution in [0.1, 0.15) is 44.6 Å². The van der Waals surface area contributed by atoms with Crippen molar-refractivity contribution in [2.45, 2.75) is 58.2 Å². The first-order valence-corrected chi connectivity index (χ1v) is 10.6. The van der Waals surface area contributed by atoms with Crippen molar-refractivity contribution in [3.8, 4) is 11.5 Å². The minimum absolute atomic E-state index is 0.319. The Bertz CT molecular complexity index is 755. The van der Waals surface area contributed by atoms with Gasteiger partial charge in [-0.05, 0) is 62.8 Å². The van der Waals surface area contributed by atoms with Crippen LogP contribution in [-0.4, -0.2) is 42.0 Å². The second-order valence-corrected chi connectivity index (χ2v) is 7.25. The molecule has 0 saturated heterocycles. The number of aryl methyl sites for hydroxylation is 1. The van der Waals surface area contributed by atoms with Crippen LogP contribution in [0.15, 0.2) is 41.7 Å². The summed E-state index contributed by atoms with van der Waals surface area (Å²) in [5.41, 5.74) is 1.09. The molecule has 0 amide bonds. The van der Waals surface area contributed by atoms with Crippen molar-refractivity contribution in [1.29, 1.82) is 0 Å². The molecule has 1 aliphatic rings. The molecular weight excluding hydrogens is 366 g/mol. The van der Waals surface area contributed by atoms with Crippen LogP contribution in [0.5, 0.6) is 11.5 Å². The number of nitrogens with zero attached hydrogens (tertiary/aromatic N) is 3. The maximum absolute atomic E-state index is 6.12. The van der Waals surface area contributed by atoms with Crippen LogP contribution in [0, 0.1) is 0 Å². The van der Waals surface area contributed by atoms with Gasteiger partial charge < -0.3 is 20.1 Å². The fraction of sp³-hybridized carbons (Fsp3) is 0.545. The van der Waals surface area contributed by atoms with Gasteiger partial charge in [-0.15, -0.1) is 0 Å². The Balaban J connectivity index is 1.53. The third kappa shape index (κ3) is 6.69. The van der Waals surface area contributed by atoms with Crippen molar-refractivity contribution >= 4 is 5.96 Å². The monoisotopic (exact) mass is 399 g/mol. The summed E-state index contributed by atoms with van der Waals surface area (Å²) in [6, 6.07) is 8.04. The molecule has 0 atom stereocenters. The van der Waals surface area contributed by atoms with Gasteiger partial charge in [-0.25, -0.2) is 4.99 Å². The summed E-state index contributed by atoms with van der Waals surface area (Å²) in [5, 5.41) is 10.9. The Hall–Kier alpha value is -2.70. The lowest BCUT2D eigenvalue weighted by atomic mass is 10.2. The first kappa shape index (κ1) is 21.0. The summed E-state index contributed by atoms with van der Waals surface area (Å²) in [6.07, 6.45) is 9.85. The average Bonchev–Trinajstić information content (AvgIpc) is 3.44. The number of aromatic nitrogens is 2. The summed E-state index contributed by atoms with van der Waals surface area (Å²) in [5.74, 6) is 2.43. The largest absolute Gasteiger partial charge is 0.493 e. The maximum Gasteiger partial charge on any atom is 0.191 e. The van der Waals surface area contributed by atoms with E-state index in [1.807, 2.05) is 29.1 Å². The fourth-order valence-corrected chi connectivity index (χ4v) is 3.49. The van der Waals surface area contributed by atoms with E-state index in [1.165, 1.54) is 12.8 Å². The summed E-state index contributed by atoms with van der Waals surface area (Å²) in [4.78, 5) is 4.70. The van der Waals surface area contributed by atoms with Crippen molar-refractivity contribution in [1.82, 2.24) is 20.4 Å². The van der Waals surface area contributed by atoms with Crippen molar-refractivity contribution in [2.75, 3.05) is 20.2 Å². The van der Waals surface area contributed by atoms with Gasteiger partial charge in [0.15, 0.2) is 17.5 Å². The summed E-state index contributed by atoms with van der Waals surface area (Å²) in [7, 11) is 1.69. The van der Waals surface area contributed by atoms with Gasteiger partial charge >= 0.3 is 0 Å². The average molecular weight is 400 g/mol. The van der Waals surface area contributed by atoms with E-state index in [0.717, 1.165) is 61.9 Å². The maximum atomic E-state index is 6.12. The second-order valence-electron chi connectivity index (χ2n) is 7.25. The molecule has 0 aliphatic heterocycles. The molecular formula is C22H33N5O2. The topological polar surface area (TPSA) is 72.7 Å². The van der Waals surface area contributed by atoms with E-state index in [9.17, 15) is 0 Å². The molecule has 0 bridgehead atoms. The molecule has 1 saturated carbocycles. The van der Waals surface area contributed by atoms with E-state index in [1.54, 1.807) is 13.3 Å². The van der Waals surface area contributed by atoms with Gasteiger partial charge in [0.1, 0.15) is 0 Å². The third-order valence-electron chi connectivity index (χ3n) is 5.00. The van der Waals surface area contributed by atoms with Crippen molar-refractivity contribution < 1.29 is 9.47 Å². The molecule has 1 heterocycles. The van der Waals surface area contributed by atoms with Crippen molar-refractivity contribution in [2.24, 2.45) is 4.99 Å². The highest BCUT2D eigenvalue weighted by atomic mass is 16.5. The fourth-order valence-electron chi connectivity index (χ4n) is 3.49. The number of hydrogen-bond donors (Lipinski definition) is 2. The lowest BCUT2D eigenvalue weighted by molar-refractivity contribution is 0.200. The van der Waals surface area contributed by atoms with Crippen molar-refractivity contribution in [3.05, 3.63) is 42.2 Å². The van der Waals surface area contributed by atoms with Gasteiger partial charge in [-0.3, -0.25) is 4.68 Å². The first-order chi connectivity index (χ1) is 14.3. The molecule has 0 spiro atoms. The number of ether oxygens (including phenoxy) is 2. The predicted molar refractivity (Wildman–Crippen MR) is 116 cm³/mol. The van der Waals surface area contributed by atoms with Crippen LogP contribution >= 0.6 is 0 Å². The van der Waals surface area contributed by atoms with Crippen LogP contribution in [0.25, 0.3) is 0 Å². The first-order valence-electron chi connectivity index (χ1n) is 10.6. The number of benzene rings is 1. The van der Waals surface area contributed by atoms with Crippen LogP contribution in [0.3, 0.4) is 0 Å². The van der Waals surface area contributed by atoms with E-state index in [2.05, 4.69) is 28.7 Å². The van der Waals surface area contributed by atoms with Crippen LogP contribution < -0.4 is 20.1 Å². The quantitative estimate of drug-likeness (QED) is 0.364. The molecule has 1 aromatic heterocycles. The standard InChI is InChI=1S/C22H33N5O2/c1-3-23-22(24-12-6-14-27-15-7-13-26-27)25-17-18-10-11-20(21(16-18)28-2)29-19-8-4-5-9-19/h7,10-11,13,15-16,19H,3-6,8-9,12,14,17H2,1-2H3,(H2,23,24,25). The van der Waals surface area contributed by atoms with Gasteiger partial charge in [-0.1, -0.05) is 6.07 Å². The zero-order valence-corrected chi connectivity index (χ0v) is 17.6. The number of rotatable bonds is 10. The van der Waals surface area contributed by atoms with E-state index in [0.29, 0.717) is 12.6 Å². The third-order valence-corrected chi connectivity index (χ3v) is 5.00. The van der Waals surface area contributed by atoms with Crippen LogP contribution in [0.2, 0.25) is 0 Å². The number of methoxy groups -OCH3 is 1. The molecule has 1 fully saturated rings. The lowest BCUT2D eigenvalue weighted by Gasteiger charge is -2.16. The number of guanidine groups is 1. The number of aliphatic imine (C=N–C) groups is 1. The Kier molecular flexibility index (Phi) is 8.22. The SMILES string of the molecule is CCNC(=NCc1ccc(OC2CCCC2)c(OC)c1)NCCCn1cccn1. The molecule has 1 aromatic carbocycles. The molecule has 3 rings (SSSR count). The Morgan fingerprint density at radius 3 is 2.83 bits per heavy atom. The van der Waals surface area contributed by atoms with Crippen molar-refractivity contribution in [3.63, 3.8) is 0 Å². The van der Waals surface area contributed by atoms with Crippen LogP contribution in [0.4, 0.5) is 0 Å². The number of hydrogen-bond acceptors (Lipinski definition) is 4. The van der Waals surface area contributed by atoms with Gasteiger partial charge in [0.05, 0.1) is 19.8 Å². The lowest BCUT2D eigenvalue weighted by Crippen LogP contribution is -2.38. The summed E-state index contributed by atoms with van der Waals surface area (Å²) < 4.78 is 13.6. The zero-order chi connectivity index (χ0) is 20.3. The van der Waals surface area contributed by atoms with E-state index < -0.39 is 0 Å². The molecule has 29 heavy (non-hydrogen) atoms. The minimum Gasteiger partial charge on any atom is -0.493 e. The highest BCUT2D eigenvalue weighted by Crippen LogP contribution is 2.32. The highest BCUT2D eigenvalue weighted by Gasteiger charge is 2.18. The molecule has 0 radical (unpaired) electrons. The highest BCUT2D eigenvalue weighted by molar-refractivity contribution is 5.79. The normalized spacial score (nSPS) is 14.8. The summed E-state index contributed by atoms with van der Waals surface area (Å²) in [6.45, 7) is 5.19. The molecule has 7 nitrogen and oxygen atoms in total.